The van der Waals surface area contributed by atoms with E-state index in [1.165, 1.54) is 18.2 Å². The Bertz CT molecular complexity index is 1230. The van der Waals surface area contributed by atoms with Crippen LogP contribution in [0.15, 0.2) is 91.1 Å². The van der Waals surface area contributed by atoms with Gasteiger partial charge in [0.05, 0.1) is 11.9 Å². The molecule has 1 aromatic heterocycles. The maximum Gasteiger partial charge on any atom is 0.248 e. The predicted molar refractivity (Wildman–Crippen MR) is 123 cm³/mol. The van der Waals surface area contributed by atoms with Crippen LogP contribution in [0, 0.1) is 5.82 Å². The van der Waals surface area contributed by atoms with Crippen LogP contribution in [-0.4, -0.2) is 20.8 Å². The molecule has 5 nitrogen and oxygen atoms in total. The molecule has 4 aromatic rings. The predicted octanol–water partition coefficient (Wildman–Crippen LogP) is 4.96. The fourth-order valence-corrected chi connectivity index (χ4v) is 3.46. The first kappa shape index (κ1) is 21.2. The Labute approximate surface area is 185 Å². The molecule has 0 saturated heterocycles. The number of aryl methyl sites for hydroxylation is 1. The highest BCUT2D eigenvalue weighted by molar-refractivity contribution is 6.02. The largest absolute Gasteiger partial charge is 0.384 e. The molecule has 0 radical (unpaired) electrons. The Morgan fingerprint density at radius 2 is 1.66 bits per heavy atom. The van der Waals surface area contributed by atoms with Crippen LogP contribution in [0.25, 0.3) is 17.3 Å². The van der Waals surface area contributed by atoms with Crippen LogP contribution in [0.4, 0.5) is 10.1 Å². The first-order valence-corrected chi connectivity index (χ1v) is 10.1. The molecular formula is C26H22FN3O2. The van der Waals surface area contributed by atoms with Gasteiger partial charge in [0, 0.05) is 29.9 Å². The summed E-state index contributed by atoms with van der Waals surface area (Å²) in [6.07, 6.45) is 4.03. The fourth-order valence-electron chi connectivity index (χ4n) is 3.46. The zero-order valence-corrected chi connectivity index (χ0v) is 17.4. The lowest BCUT2D eigenvalue weighted by atomic mass is 10.0. The Morgan fingerprint density at radius 1 is 1.00 bits per heavy atom. The first-order chi connectivity index (χ1) is 15.5. The number of aliphatic hydroxyl groups is 1. The molecule has 160 valence electrons. The van der Waals surface area contributed by atoms with Crippen molar-refractivity contribution in [2.24, 2.45) is 7.05 Å². The van der Waals surface area contributed by atoms with Crippen molar-refractivity contribution in [2.75, 3.05) is 5.32 Å². The van der Waals surface area contributed by atoms with Crippen LogP contribution >= 0.6 is 0 Å². The highest BCUT2D eigenvalue weighted by Gasteiger charge is 2.11. The summed E-state index contributed by atoms with van der Waals surface area (Å²) in [7, 11) is 1.79. The van der Waals surface area contributed by atoms with Crippen LogP contribution in [0.5, 0.6) is 0 Å². The molecule has 3 aromatic carbocycles. The van der Waals surface area contributed by atoms with Crippen LogP contribution in [0.1, 0.15) is 22.8 Å². The molecule has 6 heteroatoms. The van der Waals surface area contributed by atoms with Crippen LogP contribution in [-0.2, 0) is 11.8 Å². The number of carbonyl (C=O) groups excluding carboxylic acids is 1. The molecule has 0 aliphatic rings. The van der Waals surface area contributed by atoms with Crippen molar-refractivity contribution in [3.05, 3.63) is 114 Å². The van der Waals surface area contributed by atoms with E-state index in [0.717, 1.165) is 27.9 Å². The maximum atomic E-state index is 13.2. The molecule has 32 heavy (non-hydrogen) atoms. The van der Waals surface area contributed by atoms with Crippen molar-refractivity contribution in [1.82, 2.24) is 9.78 Å². The zero-order chi connectivity index (χ0) is 22.5. The van der Waals surface area contributed by atoms with Gasteiger partial charge in [-0.25, -0.2) is 4.39 Å². The molecule has 0 aliphatic carbocycles. The number of benzene rings is 3. The van der Waals surface area contributed by atoms with Gasteiger partial charge in [0.25, 0.3) is 0 Å². The summed E-state index contributed by atoms with van der Waals surface area (Å²) in [5, 5.41) is 17.5. The van der Waals surface area contributed by atoms with E-state index in [1.807, 2.05) is 30.3 Å². The van der Waals surface area contributed by atoms with E-state index in [-0.39, 0.29) is 11.7 Å². The van der Waals surface area contributed by atoms with Crippen molar-refractivity contribution in [3.63, 3.8) is 0 Å². The molecule has 1 amide bonds. The van der Waals surface area contributed by atoms with Crippen LogP contribution in [0.2, 0.25) is 0 Å². The summed E-state index contributed by atoms with van der Waals surface area (Å²) in [5.41, 5.74) is 4.50. The topological polar surface area (TPSA) is 67.2 Å². The third kappa shape index (κ3) is 4.82. The molecule has 0 fully saturated rings. The fraction of sp³-hybridized carbons (Fsp3) is 0.0769. The number of halogens is 1. The Hall–Kier alpha value is -4.03. The van der Waals surface area contributed by atoms with Gasteiger partial charge in [-0.2, -0.15) is 5.10 Å². The van der Waals surface area contributed by atoms with E-state index in [2.05, 4.69) is 10.4 Å². The second-order valence-electron chi connectivity index (χ2n) is 7.34. The summed E-state index contributed by atoms with van der Waals surface area (Å²) in [4.78, 5) is 12.4. The molecule has 0 saturated carbocycles. The van der Waals surface area contributed by atoms with Crippen molar-refractivity contribution in [3.8, 4) is 11.3 Å². The summed E-state index contributed by atoms with van der Waals surface area (Å²) >= 11 is 0. The van der Waals surface area contributed by atoms with E-state index in [9.17, 15) is 14.3 Å². The molecule has 0 bridgehead atoms. The van der Waals surface area contributed by atoms with Gasteiger partial charge in [-0.1, -0.05) is 42.5 Å². The third-order valence-corrected chi connectivity index (χ3v) is 5.11. The van der Waals surface area contributed by atoms with E-state index in [0.29, 0.717) is 5.69 Å². The number of amides is 1. The quantitative estimate of drug-likeness (QED) is 0.428. The van der Waals surface area contributed by atoms with E-state index in [4.69, 9.17) is 0 Å². The zero-order valence-electron chi connectivity index (χ0n) is 17.4. The smallest absolute Gasteiger partial charge is 0.248 e. The second-order valence-corrected chi connectivity index (χ2v) is 7.34. The number of rotatable bonds is 6. The molecule has 1 unspecified atom stereocenters. The van der Waals surface area contributed by atoms with Crippen LogP contribution < -0.4 is 5.32 Å². The SMILES string of the molecule is Cn1ncc(C=CC(=O)Nc2ccc(C(O)c3ccccc3)cc2)c1-c1ccc(F)cc1. The lowest BCUT2D eigenvalue weighted by Crippen LogP contribution is -2.08. The lowest BCUT2D eigenvalue weighted by Gasteiger charge is -2.12. The Kier molecular flexibility index (Phi) is 6.24. The first-order valence-electron chi connectivity index (χ1n) is 10.1. The minimum atomic E-state index is -0.726. The van der Waals surface area contributed by atoms with Gasteiger partial charge in [-0.3, -0.25) is 9.48 Å². The highest BCUT2D eigenvalue weighted by Crippen LogP contribution is 2.25. The number of nitrogens with zero attached hydrogens (tertiary/aromatic N) is 2. The van der Waals surface area contributed by atoms with Crippen molar-refractivity contribution < 1.29 is 14.3 Å². The molecule has 4 rings (SSSR count). The molecule has 0 aliphatic heterocycles. The van der Waals surface area contributed by atoms with Crippen LogP contribution in [0.3, 0.4) is 0 Å². The lowest BCUT2D eigenvalue weighted by molar-refractivity contribution is -0.111. The standard InChI is InChI=1S/C26H22FN3O2/c1-30-25(18-7-12-22(27)13-8-18)21(17-28-30)11-16-24(31)29-23-14-9-20(10-15-23)26(32)19-5-3-2-4-6-19/h2-17,26,32H,1H3,(H,29,31). The average Bonchev–Trinajstić information content (AvgIpc) is 3.19. The van der Waals surface area contributed by atoms with E-state index >= 15 is 0 Å². The molecule has 1 atom stereocenters. The number of carbonyl (C=O) groups is 1. The van der Waals surface area contributed by atoms with Crippen molar-refractivity contribution >= 4 is 17.7 Å². The van der Waals surface area contributed by atoms with Gasteiger partial charge in [-0.05, 0) is 53.6 Å². The van der Waals surface area contributed by atoms with Gasteiger partial charge in [0.15, 0.2) is 0 Å². The number of hydrogen-bond donors (Lipinski definition) is 2. The monoisotopic (exact) mass is 427 g/mol. The normalized spacial score (nSPS) is 12.1. The second kappa shape index (κ2) is 9.41. The maximum absolute atomic E-state index is 13.2. The summed E-state index contributed by atoms with van der Waals surface area (Å²) in [6.45, 7) is 0. The molecule has 0 spiro atoms. The molecule has 2 N–H and O–H groups in total. The van der Waals surface area contributed by atoms with Gasteiger partial charge in [0.2, 0.25) is 5.91 Å². The number of aromatic nitrogens is 2. The minimum Gasteiger partial charge on any atom is -0.384 e. The molecular weight excluding hydrogens is 405 g/mol. The summed E-state index contributed by atoms with van der Waals surface area (Å²) in [6, 6.07) is 22.6. The number of anilines is 1. The highest BCUT2D eigenvalue weighted by atomic mass is 19.1. The van der Waals surface area contributed by atoms with Gasteiger partial charge in [0.1, 0.15) is 11.9 Å². The van der Waals surface area contributed by atoms with Crippen molar-refractivity contribution in [2.45, 2.75) is 6.10 Å². The Morgan fingerprint density at radius 3 is 2.34 bits per heavy atom. The van der Waals surface area contributed by atoms with Crippen molar-refractivity contribution in [1.29, 1.82) is 0 Å². The minimum absolute atomic E-state index is 0.296. The average molecular weight is 427 g/mol. The Balaban J connectivity index is 1.44. The summed E-state index contributed by atoms with van der Waals surface area (Å²) < 4.78 is 14.9. The third-order valence-electron chi connectivity index (χ3n) is 5.11. The van der Waals surface area contributed by atoms with Gasteiger partial charge >= 0.3 is 0 Å². The summed E-state index contributed by atoms with van der Waals surface area (Å²) in [5.74, 6) is -0.607. The van der Waals surface area contributed by atoms with E-state index < -0.39 is 6.10 Å². The van der Waals surface area contributed by atoms with E-state index in [1.54, 1.807) is 60.4 Å². The number of hydrogen-bond acceptors (Lipinski definition) is 3. The number of nitrogens with one attached hydrogen (secondary N) is 1. The molecule has 1 heterocycles. The van der Waals surface area contributed by atoms with Gasteiger partial charge < -0.3 is 10.4 Å². The van der Waals surface area contributed by atoms with Gasteiger partial charge in [-0.15, -0.1) is 0 Å². The number of aliphatic hydroxyl groups excluding tert-OH is 1.